The Kier molecular flexibility index (Phi) is 5.87. The van der Waals surface area contributed by atoms with Crippen molar-refractivity contribution < 1.29 is 14.7 Å². The number of carbonyl (C=O) groups excluding carboxylic acids is 1. The highest BCUT2D eigenvalue weighted by atomic mass is 32.1. The molecule has 0 aliphatic heterocycles. The standard InChI is InChI=1S/C17H20N2O3S/c1-3-11-5-7-12(8-6-11)16-13(4-2)23-17(19-16)18-14(20)9-10-15(21)22/h5-8H,3-4,9-10H2,1-2H3,(H,21,22)(H,18,19,20). The summed E-state index contributed by atoms with van der Waals surface area (Å²) in [5.74, 6) is -1.30. The molecule has 0 saturated heterocycles. The molecule has 0 spiro atoms. The molecule has 122 valence electrons. The lowest BCUT2D eigenvalue weighted by atomic mass is 10.1. The van der Waals surface area contributed by atoms with Gasteiger partial charge in [0.2, 0.25) is 5.91 Å². The van der Waals surface area contributed by atoms with Crippen LogP contribution in [0.4, 0.5) is 5.13 Å². The number of aromatic nitrogens is 1. The molecule has 2 rings (SSSR count). The monoisotopic (exact) mass is 332 g/mol. The minimum atomic E-state index is -0.981. The molecule has 0 radical (unpaired) electrons. The molecule has 1 amide bonds. The Morgan fingerprint density at radius 3 is 2.39 bits per heavy atom. The third-order valence-corrected chi connectivity index (χ3v) is 4.58. The summed E-state index contributed by atoms with van der Waals surface area (Å²) in [6.45, 7) is 4.16. The molecule has 0 atom stereocenters. The number of amides is 1. The van der Waals surface area contributed by atoms with Crippen LogP contribution in [0.25, 0.3) is 11.3 Å². The molecule has 5 nitrogen and oxygen atoms in total. The van der Waals surface area contributed by atoms with Crippen LogP contribution >= 0.6 is 11.3 Å². The topological polar surface area (TPSA) is 79.3 Å². The van der Waals surface area contributed by atoms with Gasteiger partial charge in [-0.25, -0.2) is 4.98 Å². The summed E-state index contributed by atoms with van der Waals surface area (Å²) >= 11 is 1.44. The van der Waals surface area contributed by atoms with Gasteiger partial charge in [-0.3, -0.25) is 9.59 Å². The molecular weight excluding hydrogens is 312 g/mol. The van der Waals surface area contributed by atoms with E-state index in [4.69, 9.17) is 5.11 Å². The third kappa shape index (κ3) is 4.63. The van der Waals surface area contributed by atoms with Gasteiger partial charge >= 0.3 is 5.97 Å². The number of carboxylic acids is 1. The average Bonchev–Trinajstić information content (AvgIpc) is 2.95. The van der Waals surface area contributed by atoms with Gasteiger partial charge in [-0.1, -0.05) is 38.1 Å². The number of nitrogens with zero attached hydrogens (tertiary/aromatic N) is 1. The van der Waals surface area contributed by atoms with Gasteiger partial charge in [-0.05, 0) is 18.4 Å². The van der Waals surface area contributed by atoms with E-state index < -0.39 is 5.97 Å². The highest BCUT2D eigenvalue weighted by molar-refractivity contribution is 7.16. The van der Waals surface area contributed by atoms with E-state index in [0.717, 1.165) is 29.0 Å². The molecule has 23 heavy (non-hydrogen) atoms. The number of carbonyl (C=O) groups is 2. The molecule has 1 aromatic carbocycles. The predicted molar refractivity (Wildman–Crippen MR) is 91.8 cm³/mol. The normalized spacial score (nSPS) is 10.5. The van der Waals surface area contributed by atoms with Crippen LogP contribution in [0.15, 0.2) is 24.3 Å². The molecule has 0 aliphatic carbocycles. The van der Waals surface area contributed by atoms with Crippen LogP contribution in [0.1, 0.15) is 37.1 Å². The van der Waals surface area contributed by atoms with Crippen molar-refractivity contribution >= 4 is 28.3 Å². The van der Waals surface area contributed by atoms with Gasteiger partial charge in [-0.2, -0.15) is 0 Å². The summed E-state index contributed by atoms with van der Waals surface area (Å²) in [5.41, 5.74) is 3.18. The molecule has 1 aromatic heterocycles. The van der Waals surface area contributed by atoms with E-state index in [9.17, 15) is 9.59 Å². The Bertz CT molecular complexity index is 692. The second-order valence-electron chi connectivity index (χ2n) is 5.14. The number of hydrogen-bond donors (Lipinski definition) is 2. The smallest absolute Gasteiger partial charge is 0.303 e. The molecule has 6 heteroatoms. The molecule has 0 bridgehead atoms. The lowest BCUT2D eigenvalue weighted by Crippen LogP contribution is -2.12. The van der Waals surface area contributed by atoms with Crippen LogP contribution in [0.2, 0.25) is 0 Å². The SMILES string of the molecule is CCc1ccc(-c2nc(NC(=O)CCC(=O)O)sc2CC)cc1. The summed E-state index contributed by atoms with van der Waals surface area (Å²) in [7, 11) is 0. The van der Waals surface area contributed by atoms with E-state index >= 15 is 0 Å². The van der Waals surface area contributed by atoms with Crippen molar-refractivity contribution in [2.75, 3.05) is 5.32 Å². The first-order chi connectivity index (χ1) is 11.0. The molecule has 2 N–H and O–H groups in total. The highest BCUT2D eigenvalue weighted by Crippen LogP contribution is 2.31. The quantitative estimate of drug-likeness (QED) is 0.809. The number of rotatable bonds is 7. The van der Waals surface area contributed by atoms with Crippen LogP contribution in [0.3, 0.4) is 0 Å². The fraction of sp³-hybridized carbons (Fsp3) is 0.353. The van der Waals surface area contributed by atoms with Crippen molar-refractivity contribution in [2.45, 2.75) is 39.5 Å². The van der Waals surface area contributed by atoms with Crippen molar-refractivity contribution in [3.8, 4) is 11.3 Å². The minimum Gasteiger partial charge on any atom is -0.481 e. The van der Waals surface area contributed by atoms with E-state index in [0.29, 0.717) is 5.13 Å². The summed E-state index contributed by atoms with van der Waals surface area (Å²) in [5, 5.41) is 11.8. The van der Waals surface area contributed by atoms with Crippen LogP contribution < -0.4 is 5.32 Å². The van der Waals surface area contributed by atoms with E-state index in [1.54, 1.807) is 0 Å². The maximum absolute atomic E-state index is 11.7. The highest BCUT2D eigenvalue weighted by Gasteiger charge is 2.14. The van der Waals surface area contributed by atoms with Crippen molar-refractivity contribution in [3.05, 3.63) is 34.7 Å². The van der Waals surface area contributed by atoms with E-state index in [1.807, 2.05) is 19.1 Å². The van der Waals surface area contributed by atoms with E-state index in [1.165, 1.54) is 16.9 Å². The third-order valence-electron chi connectivity index (χ3n) is 3.47. The summed E-state index contributed by atoms with van der Waals surface area (Å²) < 4.78 is 0. The van der Waals surface area contributed by atoms with Crippen molar-refractivity contribution in [2.24, 2.45) is 0 Å². The number of carboxylic acid groups (broad SMARTS) is 1. The van der Waals surface area contributed by atoms with Gasteiger partial charge in [0.25, 0.3) is 0 Å². The van der Waals surface area contributed by atoms with Gasteiger partial charge < -0.3 is 10.4 Å². The van der Waals surface area contributed by atoms with Gasteiger partial charge in [0.05, 0.1) is 12.1 Å². The Balaban J connectivity index is 2.16. The number of aryl methyl sites for hydroxylation is 2. The van der Waals surface area contributed by atoms with E-state index in [-0.39, 0.29) is 18.7 Å². The van der Waals surface area contributed by atoms with Crippen molar-refractivity contribution in [3.63, 3.8) is 0 Å². The van der Waals surface area contributed by atoms with Gasteiger partial charge in [0.1, 0.15) is 0 Å². The Labute approximate surface area is 139 Å². The van der Waals surface area contributed by atoms with Crippen LogP contribution in [-0.2, 0) is 22.4 Å². The lowest BCUT2D eigenvalue weighted by molar-refractivity contribution is -0.138. The second kappa shape index (κ2) is 7.87. The molecule has 0 aliphatic rings. The first-order valence-electron chi connectivity index (χ1n) is 7.64. The lowest BCUT2D eigenvalue weighted by Gasteiger charge is -2.02. The Morgan fingerprint density at radius 1 is 1.13 bits per heavy atom. The number of anilines is 1. The Morgan fingerprint density at radius 2 is 1.83 bits per heavy atom. The molecule has 1 heterocycles. The summed E-state index contributed by atoms with van der Waals surface area (Å²) in [6.07, 6.45) is 1.59. The zero-order valence-corrected chi connectivity index (χ0v) is 14.1. The fourth-order valence-electron chi connectivity index (χ4n) is 2.17. The number of thiazole rings is 1. The molecular formula is C17H20N2O3S. The van der Waals surface area contributed by atoms with Gasteiger partial charge in [0.15, 0.2) is 5.13 Å². The molecule has 0 saturated carbocycles. The van der Waals surface area contributed by atoms with E-state index in [2.05, 4.69) is 29.4 Å². The van der Waals surface area contributed by atoms with Gasteiger partial charge in [0, 0.05) is 16.9 Å². The van der Waals surface area contributed by atoms with Crippen molar-refractivity contribution in [1.29, 1.82) is 0 Å². The van der Waals surface area contributed by atoms with Crippen molar-refractivity contribution in [1.82, 2.24) is 4.98 Å². The van der Waals surface area contributed by atoms with Gasteiger partial charge in [-0.15, -0.1) is 11.3 Å². The summed E-state index contributed by atoms with van der Waals surface area (Å²) in [4.78, 5) is 27.9. The number of hydrogen-bond acceptors (Lipinski definition) is 4. The maximum Gasteiger partial charge on any atom is 0.303 e. The molecule has 0 unspecified atom stereocenters. The molecule has 0 fully saturated rings. The fourth-order valence-corrected chi connectivity index (χ4v) is 3.11. The number of nitrogens with one attached hydrogen (secondary N) is 1. The number of benzene rings is 1. The average molecular weight is 332 g/mol. The van der Waals surface area contributed by atoms with Crippen LogP contribution in [-0.4, -0.2) is 22.0 Å². The molecule has 2 aromatic rings. The van der Waals surface area contributed by atoms with Crippen LogP contribution in [0, 0.1) is 0 Å². The number of aliphatic carboxylic acids is 1. The largest absolute Gasteiger partial charge is 0.481 e. The second-order valence-corrected chi connectivity index (χ2v) is 6.22. The first-order valence-corrected chi connectivity index (χ1v) is 8.45. The zero-order valence-electron chi connectivity index (χ0n) is 13.3. The zero-order chi connectivity index (χ0) is 16.8. The minimum absolute atomic E-state index is 0.0447. The predicted octanol–water partition coefficient (Wildman–Crippen LogP) is 3.74. The summed E-state index contributed by atoms with van der Waals surface area (Å²) in [6, 6.07) is 8.25. The Hall–Kier alpha value is -2.21. The first kappa shape index (κ1) is 17.1. The van der Waals surface area contributed by atoms with Crippen LogP contribution in [0.5, 0.6) is 0 Å². The maximum atomic E-state index is 11.7.